The van der Waals surface area contributed by atoms with E-state index in [0.717, 1.165) is 62.1 Å². The maximum Gasteiger partial charge on any atom is 0.243 e. The number of hydrogen-bond acceptors (Lipinski definition) is 4. The van der Waals surface area contributed by atoms with Gasteiger partial charge in [-0.2, -0.15) is 0 Å². The van der Waals surface area contributed by atoms with Crippen LogP contribution in [0.15, 0.2) is 12.1 Å². The van der Waals surface area contributed by atoms with Gasteiger partial charge in [0, 0.05) is 35.9 Å². The second-order valence-corrected chi connectivity index (χ2v) is 11.0. The Labute approximate surface area is 198 Å². The first kappa shape index (κ1) is 23.1. The maximum absolute atomic E-state index is 15.1. The molecule has 182 valence electrons. The summed E-state index contributed by atoms with van der Waals surface area (Å²) in [5.74, 6) is 0.845. The van der Waals surface area contributed by atoms with Crippen molar-refractivity contribution in [3.05, 3.63) is 29.1 Å². The van der Waals surface area contributed by atoms with E-state index in [1.807, 2.05) is 13.0 Å². The van der Waals surface area contributed by atoms with Gasteiger partial charge in [-0.15, -0.1) is 0 Å². The smallest absolute Gasteiger partial charge is 0.243 e. The molecule has 0 radical (unpaired) electrons. The molecule has 0 bridgehead atoms. The van der Waals surface area contributed by atoms with Crippen LogP contribution in [0, 0.1) is 24.6 Å². The number of carbonyl (C=O) groups is 1. The molecule has 4 aliphatic rings. The number of anilines is 1. The van der Waals surface area contributed by atoms with E-state index in [1.54, 1.807) is 6.07 Å². The van der Waals surface area contributed by atoms with Crippen molar-refractivity contribution in [2.24, 2.45) is 11.8 Å². The van der Waals surface area contributed by atoms with Gasteiger partial charge >= 0.3 is 0 Å². The molecule has 1 amide bonds. The second kappa shape index (κ2) is 10.3. The zero-order valence-electron chi connectivity index (χ0n) is 20.1. The fourth-order valence-electron chi connectivity index (χ4n) is 7.11. The summed E-state index contributed by atoms with van der Waals surface area (Å²) >= 11 is 0. The van der Waals surface area contributed by atoms with Gasteiger partial charge in [0.2, 0.25) is 5.91 Å². The number of rotatable bonds is 4. The second-order valence-electron chi connectivity index (χ2n) is 11.0. The van der Waals surface area contributed by atoms with Crippen LogP contribution in [0.5, 0.6) is 0 Å². The lowest BCUT2D eigenvalue weighted by molar-refractivity contribution is -0.123. The van der Waals surface area contributed by atoms with E-state index in [2.05, 4.69) is 21.3 Å². The topological polar surface area (TPSA) is 65.2 Å². The summed E-state index contributed by atoms with van der Waals surface area (Å²) in [6.07, 6.45) is 12.7. The first-order valence-corrected chi connectivity index (χ1v) is 13.4. The average Bonchev–Trinajstić information content (AvgIpc) is 3.06. The Morgan fingerprint density at radius 3 is 2.55 bits per heavy atom. The Morgan fingerprint density at radius 1 is 1.00 bits per heavy atom. The van der Waals surface area contributed by atoms with E-state index in [0.29, 0.717) is 17.9 Å². The monoisotopic (exact) mass is 456 g/mol. The van der Waals surface area contributed by atoms with Gasteiger partial charge in [0.25, 0.3) is 0 Å². The zero-order chi connectivity index (χ0) is 22.8. The molecule has 1 saturated heterocycles. The molecule has 0 aromatic heterocycles. The molecule has 5 atom stereocenters. The predicted octanol–water partition coefficient (Wildman–Crippen LogP) is 4.57. The number of hydrogen-bond donors (Lipinski definition) is 4. The van der Waals surface area contributed by atoms with Gasteiger partial charge in [-0.25, -0.2) is 4.39 Å². The standard InChI is InChI=1S/C27H41FN4O/c1-17-11-12-21(28)24-23(18-7-4-2-3-5-8-18)26(32-25(17)24)27(33)31-20-10-6-9-19(15-20)22-13-14-29-16-30-22/h11-12,18-20,22-23,26,29-30,32H,2-10,13-16H2,1H3,(H,31,33)/t19-,20-,22?,23?,26?/m1/s1. The van der Waals surface area contributed by atoms with E-state index in [1.165, 1.54) is 38.5 Å². The average molecular weight is 457 g/mol. The van der Waals surface area contributed by atoms with Gasteiger partial charge in [0.15, 0.2) is 0 Å². The number of aryl methyl sites for hydroxylation is 1. The van der Waals surface area contributed by atoms with E-state index >= 15 is 4.39 Å². The van der Waals surface area contributed by atoms with Crippen LogP contribution in [0.25, 0.3) is 0 Å². The Bertz CT molecular complexity index is 832. The van der Waals surface area contributed by atoms with E-state index in [4.69, 9.17) is 0 Å². The third kappa shape index (κ3) is 4.93. The molecule has 2 aliphatic carbocycles. The van der Waals surface area contributed by atoms with E-state index in [9.17, 15) is 4.79 Å². The van der Waals surface area contributed by atoms with Crippen molar-refractivity contribution < 1.29 is 9.18 Å². The minimum Gasteiger partial charge on any atom is -0.373 e. The number of halogens is 1. The lowest BCUT2D eigenvalue weighted by Crippen LogP contribution is -2.52. The van der Waals surface area contributed by atoms with E-state index < -0.39 is 0 Å². The number of carbonyl (C=O) groups excluding carboxylic acids is 1. The first-order valence-electron chi connectivity index (χ1n) is 13.4. The number of fused-ring (bicyclic) bond motifs is 1. The minimum atomic E-state index is -0.365. The molecule has 5 rings (SSSR count). The quantitative estimate of drug-likeness (QED) is 0.502. The summed E-state index contributed by atoms with van der Waals surface area (Å²) in [5, 5.41) is 13.9. The summed E-state index contributed by atoms with van der Waals surface area (Å²) in [5.41, 5.74) is 2.67. The van der Waals surface area contributed by atoms with Crippen LogP contribution < -0.4 is 21.3 Å². The molecule has 5 nitrogen and oxygen atoms in total. The van der Waals surface area contributed by atoms with Crippen LogP contribution in [0.1, 0.15) is 87.7 Å². The van der Waals surface area contributed by atoms with Crippen molar-refractivity contribution in [2.75, 3.05) is 18.5 Å². The molecule has 3 unspecified atom stereocenters. The van der Waals surface area contributed by atoms with Crippen LogP contribution in [0.4, 0.5) is 10.1 Å². The summed E-state index contributed by atoms with van der Waals surface area (Å²) in [4.78, 5) is 13.7. The number of amides is 1. The largest absolute Gasteiger partial charge is 0.373 e. The van der Waals surface area contributed by atoms with Gasteiger partial charge in [-0.05, 0) is 75.5 Å². The summed E-state index contributed by atoms with van der Waals surface area (Å²) in [7, 11) is 0. The van der Waals surface area contributed by atoms with Gasteiger partial charge < -0.3 is 21.3 Å². The third-order valence-electron chi connectivity index (χ3n) is 8.83. The SMILES string of the molecule is Cc1ccc(F)c2c1NC(C(=O)N[C@@H]1CCC[C@@H](C3CCNCN3)C1)C2C1CCCCCC1. The van der Waals surface area contributed by atoms with Crippen molar-refractivity contribution in [3.8, 4) is 0 Å². The third-order valence-corrected chi connectivity index (χ3v) is 8.83. The van der Waals surface area contributed by atoms with Crippen LogP contribution in [0.2, 0.25) is 0 Å². The Morgan fingerprint density at radius 2 is 1.79 bits per heavy atom. The van der Waals surface area contributed by atoms with Crippen LogP contribution in [0.3, 0.4) is 0 Å². The molecule has 3 fully saturated rings. The molecule has 2 saturated carbocycles. The van der Waals surface area contributed by atoms with Gasteiger partial charge in [-0.1, -0.05) is 38.2 Å². The van der Waals surface area contributed by atoms with Gasteiger partial charge in [0.05, 0.1) is 0 Å². The van der Waals surface area contributed by atoms with Crippen molar-refractivity contribution in [1.82, 2.24) is 16.0 Å². The van der Waals surface area contributed by atoms with Crippen molar-refractivity contribution in [3.63, 3.8) is 0 Å². The molecule has 33 heavy (non-hydrogen) atoms. The first-order chi connectivity index (χ1) is 16.1. The van der Waals surface area contributed by atoms with Crippen molar-refractivity contribution in [2.45, 2.75) is 102 Å². The number of nitrogens with one attached hydrogen (secondary N) is 4. The maximum atomic E-state index is 15.1. The molecule has 4 N–H and O–H groups in total. The Hall–Kier alpha value is -1.66. The fourth-order valence-corrected chi connectivity index (χ4v) is 7.11. The summed E-state index contributed by atoms with van der Waals surface area (Å²) < 4.78 is 15.1. The number of benzene rings is 1. The minimum absolute atomic E-state index is 0.0662. The van der Waals surface area contributed by atoms with Crippen molar-refractivity contribution in [1.29, 1.82) is 0 Å². The highest BCUT2D eigenvalue weighted by Gasteiger charge is 2.44. The molecule has 6 heteroatoms. The van der Waals surface area contributed by atoms with Gasteiger partial charge in [-0.3, -0.25) is 4.79 Å². The highest BCUT2D eigenvalue weighted by Crippen LogP contribution is 2.47. The molecular formula is C27H41FN4O. The highest BCUT2D eigenvalue weighted by molar-refractivity contribution is 5.89. The fraction of sp³-hybridized carbons (Fsp3) is 0.741. The normalized spacial score (nSPS) is 33.1. The molecule has 2 heterocycles. The molecule has 2 aliphatic heterocycles. The van der Waals surface area contributed by atoms with E-state index in [-0.39, 0.29) is 29.7 Å². The Kier molecular flexibility index (Phi) is 7.21. The van der Waals surface area contributed by atoms with Crippen LogP contribution in [-0.4, -0.2) is 37.2 Å². The van der Waals surface area contributed by atoms with Crippen molar-refractivity contribution >= 4 is 11.6 Å². The molecule has 0 spiro atoms. The molecule has 1 aromatic carbocycles. The summed E-state index contributed by atoms with van der Waals surface area (Å²) in [6.45, 7) is 3.98. The summed E-state index contributed by atoms with van der Waals surface area (Å²) in [6, 6.07) is 3.84. The lowest BCUT2D eigenvalue weighted by Gasteiger charge is -2.38. The Balaban J connectivity index is 1.32. The lowest BCUT2D eigenvalue weighted by atomic mass is 9.77. The van der Waals surface area contributed by atoms with Gasteiger partial charge in [0.1, 0.15) is 11.9 Å². The van der Waals surface area contributed by atoms with Crippen LogP contribution in [-0.2, 0) is 4.79 Å². The molecular weight excluding hydrogens is 415 g/mol. The highest BCUT2D eigenvalue weighted by atomic mass is 19.1. The zero-order valence-corrected chi connectivity index (χ0v) is 20.1. The molecule has 1 aromatic rings. The van der Waals surface area contributed by atoms with Crippen LogP contribution >= 0.6 is 0 Å². The predicted molar refractivity (Wildman–Crippen MR) is 131 cm³/mol.